The van der Waals surface area contributed by atoms with E-state index in [4.69, 9.17) is 14.3 Å². The summed E-state index contributed by atoms with van der Waals surface area (Å²) in [5.74, 6) is -1.14. The van der Waals surface area contributed by atoms with E-state index in [1.807, 2.05) is 66.7 Å². The summed E-state index contributed by atoms with van der Waals surface area (Å²) in [5, 5.41) is 2.62. The van der Waals surface area contributed by atoms with Gasteiger partial charge in [0.25, 0.3) is 0 Å². The minimum absolute atomic E-state index is 0.0288. The van der Waals surface area contributed by atoms with Crippen LogP contribution in [0.15, 0.2) is 78.9 Å². The summed E-state index contributed by atoms with van der Waals surface area (Å²) < 4.78 is 11.1. The van der Waals surface area contributed by atoms with Crippen molar-refractivity contribution in [3.63, 3.8) is 0 Å². The van der Waals surface area contributed by atoms with Gasteiger partial charge in [-0.15, -0.1) is 0 Å². The zero-order valence-electron chi connectivity index (χ0n) is 23.9. The first kappa shape index (κ1) is 30.0. The number of carbonyl (C=O) groups excluding carboxylic acids is 3. The molecule has 0 saturated heterocycles. The molecule has 0 aromatic heterocycles. The van der Waals surface area contributed by atoms with Crippen LogP contribution in [0, 0.1) is 0 Å². The molecule has 8 nitrogen and oxygen atoms in total. The van der Waals surface area contributed by atoms with Crippen LogP contribution < -0.4 is 10.8 Å². The van der Waals surface area contributed by atoms with Crippen LogP contribution in [0.3, 0.4) is 0 Å². The lowest BCUT2D eigenvalue weighted by Crippen LogP contribution is -2.43. The lowest BCUT2D eigenvalue weighted by atomic mass is 9.98. The van der Waals surface area contributed by atoms with Gasteiger partial charge in [0.15, 0.2) is 0 Å². The van der Waals surface area contributed by atoms with Crippen molar-refractivity contribution in [3.05, 3.63) is 95.6 Å². The van der Waals surface area contributed by atoms with Crippen LogP contribution >= 0.6 is 0 Å². The van der Waals surface area contributed by atoms with Crippen LogP contribution in [0.5, 0.6) is 0 Å². The second kappa shape index (κ2) is 14.1. The molecule has 1 aliphatic carbocycles. The molecule has 0 radical (unpaired) electrons. The lowest BCUT2D eigenvalue weighted by Gasteiger charge is -2.19. The topological polar surface area (TPSA) is 103 Å². The Labute approximate surface area is 242 Å². The van der Waals surface area contributed by atoms with Crippen LogP contribution in [0.2, 0.25) is 25.7 Å². The molecule has 9 heteroatoms. The van der Waals surface area contributed by atoms with Gasteiger partial charge in [0.05, 0.1) is 6.61 Å². The molecule has 0 bridgehead atoms. The molecule has 0 aliphatic heterocycles. The predicted octanol–water partition coefficient (Wildman–Crippen LogP) is 5.80. The Bertz CT molecular complexity index is 1300. The van der Waals surface area contributed by atoms with Gasteiger partial charge in [-0.1, -0.05) is 98.5 Å². The first-order valence-electron chi connectivity index (χ1n) is 13.9. The zero-order chi connectivity index (χ0) is 29.2. The van der Waals surface area contributed by atoms with E-state index in [1.54, 1.807) is 0 Å². The van der Waals surface area contributed by atoms with Crippen molar-refractivity contribution in [1.82, 2.24) is 10.8 Å². The predicted molar refractivity (Wildman–Crippen MR) is 160 cm³/mol. The number of carbonyl (C=O) groups is 3. The minimum Gasteiger partial charge on any atom is -0.459 e. The quantitative estimate of drug-likeness (QED) is 0.116. The molecule has 0 heterocycles. The highest BCUT2D eigenvalue weighted by Gasteiger charge is 2.30. The molecule has 2 N–H and O–H groups in total. The van der Waals surface area contributed by atoms with Crippen molar-refractivity contribution >= 4 is 26.0 Å². The van der Waals surface area contributed by atoms with Gasteiger partial charge in [0, 0.05) is 20.4 Å². The molecule has 0 unspecified atom stereocenters. The van der Waals surface area contributed by atoms with E-state index >= 15 is 0 Å². The number of rotatable bonds is 13. The SMILES string of the molecule is C[Si](C)(C)CCONC(=O)CC[C@H](NC(=O)OCC1c2ccccc2-c2ccccc21)C(=O)OCc1ccccc1. The maximum atomic E-state index is 13.0. The van der Waals surface area contributed by atoms with E-state index in [9.17, 15) is 14.4 Å². The molecule has 3 aromatic rings. The maximum absolute atomic E-state index is 13.0. The average Bonchev–Trinajstić information content (AvgIpc) is 3.28. The smallest absolute Gasteiger partial charge is 0.407 e. The Hall–Kier alpha value is -3.95. The van der Waals surface area contributed by atoms with Gasteiger partial charge in [-0.05, 0) is 40.3 Å². The van der Waals surface area contributed by atoms with Crippen molar-refractivity contribution in [1.29, 1.82) is 0 Å². The van der Waals surface area contributed by atoms with Crippen LogP contribution in [0.4, 0.5) is 4.79 Å². The largest absolute Gasteiger partial charge is 0.459 e. The van der Waals surface area contributed by atoms with Gasteiger partial charge in [0.1, 0.15) is 19.3 Å². The number of alkyl carbamates (subject to hydrolysis) is 1. The molecule has 1 aliphatic rings. The fourth-order valence-corrected chi connectivity index (χ4v) is 5.39. The molecule has 41 heavy (non-hydrogen) atoms. The summed E-state index contributed by atoms with van der Waals surface area (Å²) in [5.41, 5.74) is 7.67. The Morgan fingerprint density at radius 2 is 1.44 bits per heavy atom. The molecule has 0 fully saturated rings. The second-order valence-electron chi connectivity index (χ2n) is 11.3. The molecule has 0 saturated carbocycles. The Morgan fingerprint density at radius 1 is 0.829 bits per heavy atom. The average molecular weight is 575 g/mol. The first-order valence-corrected chi connectivity index (χ1v) is 17.6. The third kappa shape index (κ3) is 8.76. The number of amides is 2. The van der Waals surface area contributed by atoms with Gasteiger partial charge in [-0.25, -0.2) is 15.1 Å². The van der Waals surface area contributed by atoms with E-state index in [2.05, 4.69) is 42.6 Å². The van der Waals surface area contributed by atoms with E-state index in [1.165, 1.54) is 0 Å². The van der Waals surface area contributed by atoms with Crippen LogP contribution in [-0.4, -0.2) is 45.3 Å². The van der Waals surface area contributed by atoms with Gasteiger partial charge in [-0.2, -0.15) is 0 Å². The number of hydroxylamine groups is 1. The zero-order valence-corrected chi connectivity index (χ0v) is 24.9. The van der Waals surface area contributed by atoms with Crippen LogP contribution in [0.1, 0.15) is 35.4 Å². The number of benzene rings is 3. The number of fused-ring (bicyclic) bond motifs is 3. The van der Waals surface area contributed by atoms with Crippen LogP contribution in [-0.2, 0) is 30.5 Å². The molecular formula is C32H38N2O6Si. The third-order valence-corrected chi connectivity index (χ3v) is 8.65. The van der Waals surface area contributed by atoms with E-state index < -0.39 is 26.2 Å². The highest BCUT2D eigenvalue weighted by atomic mass is 28.3. The highest BCUT2D eigenvalue weighted by Crippen LogP contribution is 2.44. The number of esters is 1. The van der Waals surface area contributed by atoms with Gasteiger partial charge >= 0.3 is 12.1 Å². The maximum Gasteiger partial charge on any atom is 0.407 e. The summed E-state index contributed by atoms with van der Waals surface area (Å²) in [6.07, 6.45) is -0.761. The number of ether oxygens (including phenoxy) is 2. The van der Waals surface area contributed by atoms with Crippen LogP contribution in [0.25, 0.3) is 11.1 Å². The minimum atomic E-state index is -1.29. The van der Waals surface area contributed by atoms with Gasteiger partial charge in [0.2, 0.25) is 5.91 Å². The number of nitrogens with one attached hydrogen (secondary N) is 2. The summed E-state index contributed by atoms with van der Waals surface area (Å²) in [4.78, 5) is 43.6. The molecule has 2 amide bonds. The molecule has 3 aromatic carbocycles. The highest BCUT2D eigenvalue weighted by molar-refractivity contribution is 6.76. The first-order chi connectivity index (χ1) is 19.7. The van der Waals surface area contributed by atoms with Crippen molar-refractivity contribution in [2.24, 2.45) is 0 Å². The lowest BCUT2D eigenvalue weighted by molar-refractivity contribution is -0.147. The Balaban J connectivity index is 1.34. The van der Waals surface area contributed by atoms with Crippen molar-refractivity contribution in [3.8, 4) is 11.1 Å². The summed E-state index contributed by atoms with van der Waals surface area (Å²) in [6, 6.07) is 25.2. The second-order valence-corrected chi connectivity index (χ2v) is 17.0. The summed E-state index contributed by atoms with van der Waals surface area (Å²) in [7, 11) is -1.29. The summed E-state index contributed by atoms with van der Waals surface area (Å²) >= 11 is 0. The standard InChI is InChI=1S/C32H38N2O6Si/c1-41(2,3)20-19-40-34-30(35)18-17-29(31(36)38-21-23-11-5-4-6-12-23)33-32(37)39-22-28-26-15-9-7-13-24(26)25-14-8-10-16-27(25)28/h4-16,28-29H,17-22H2,1-3H3,(H,33,37)(H,34,35)/t29-/m0/s1. The fourth-order valence-electron chi connectivity index (χ4n) is 4.68. The number of hydrogen-bond acceptors (Lipinski definition) is 6. The normalized spacial score (nSPS) is 13.0. The molecule has 1 atom stereocenters. The molecule has 0 spiro atoms. The Morgan fingerprint density at radius 3 is 2.07 bits per heavy atom. The summed E-state index contributed by atoms with van der Waals surface area (Å²) in [6.45, 7) is 7.25. The van der Waals surface area contributed by atoms with E-state index in [0.717, 1.165) is 33.9 Å². The number of hydrogen-bond donors (Lipinski definition) is 2. The van der Waals surface area contributed by atoms with Gasteiger partial charge < -0.3 is 14.8 Å². The van der Waals surface area contributed by atoms with Gasteiger partial charge in [-0.3, -0.25) is 9.63 Å². The van der Waals surface area contributed by atoms with Crippen molar-refractivity contribution < 1.29 is 28.7 Å². The van der Waals surface area contributed by atoms with Crippen molar-refractivity contribution in [2.75, 3.05) is 13.2 Å². The molecule has 4 rings (SSSR count). The molecule has 216 valence electrons. The molecular weight excluding hydrogens is 536 g/mol. The monoisotopic (exact) mass is 574 g/mol. The van der Waals surface area contributed by atoms with E-state index in [0.29, 0.717) is 6.61 Å². The third-order valence-electron chi connectivity index (χ3n) is 6.94. The fraction of sp³-hybridized carbons (Fsp3) is 0.344. The van der Waals surface area contributed by atoms with Crippen molar-refractivity contribution in [2.45, 2.75) is 57.1 Å². The Kier molecular flexibility index (Phi) is 10.3. The van der Waals surface area contributed by atoms with E-state index in [-0.39, 0.29) is 37.9 Å².